The maximum atomic E-state index is 12.5. The van der Waals surface area contributed by atoms with Gasteiger partial charge in [0.05, 0.1) is 18.1 Å². The number of rotatable bonds is 3. The van der Waals surface area contributed by atoms with Crippen LogP contribution in [0.4, 0.5) is 4.79 Å². The molecular weight excluding hydrogens is 486 g/mol. The summed E-state index contributed by atoms with van der Waals surface area (Å²) in [6.07, 6.45) is 2.63. The number of hydrogen-bond acceptors (Lipinski definition) is 7. The van der Waals surface area contributed by atoms with Gasteiger partial charge in [0, 0.05) is 50.6 Å². The van der Waals surface area contributed by atoms with E-state index in [1.54, 1.807) is 12.0 Å². The van der Waals surface area contributed by atoms with Crippen molar-refractivity contribution in [1.29, 1.82) is 0 Å². The van der Waals surface area contributed by atoms with Crippen molar-refractivity contribution in [3.8, 4) is 34.3 Å². The molecule has 1 saturated heterocycles. The van der Waals surface area contributed by atoms with Crippen molar-refractivity contribution >= 4 is 16.9 Å². The van der Waals surface area contributed by atoms with Crippen molar-refractivity contribution in [2.45, 2.75) is 45.9 Å². The molecule has 0 atom stereocenters. The van der Waals surface area contributed by atoms with Gasteiger partial charge in [0.25, 0.3) is 0 Å². The number of pyridine rings is 1. The zero-order valence-electron chi connectivity index (χ0n) is 22.4. The molecule has 4 heterocycles. The second kappa shape index (κ2) is 9.23. The van der Waals surface area contributed by atoms with Crippen LogP contribution in [0.2, 0.25) is 0 Å². The van der Waals surface area contributed by atoms with Crippen LogP contribution in [0.1, 0.15) is 31.9 Å². The van der Waals surface area contributed by atoms with E-state index < -0.39 is 5.60 Å². The lowest BCUT2D eigenvalue weighted by molar-refractivity contribution is -0.686. The van der Waals surface area contributed by atoms with Crippen molar-refractivity contribution in [1.82, 2.24) is 9.80 Å². The van der Waals surface area contributed by atoms with Gasteiger partial charge in [0.1, 0.15) is 5.60 Å². The van der Waals surface area contributed by atoms with Gasteiger partial charge in [-0.25, -0.2) is 4.79 Å². The standard InChI is InChI=1S/C29H33N3O6/c1-29(2,3)38-28(34)31-9-7-30(8-10-31)15-19-12-26(35-4)27(33)22-16-32-6-5-18-11-24-25(37-17-36-24)14-21(18)23(32)13-20(19)22/h11-14,16H,5-10,15,17H2,1-4H3/p+1. The van der Waals surface area contributed by atoms with Crippen molar-refractivity contribution in [3.05, 3.63) is 41.6 Å². The molecule has 9 heteroatoms. The molecule has 1 aromatic heterocycles. The Balaban J connectivity index is 1.32. The second-order valence-corrected chi connectivity index (χ2v) is 11.1. The van der Waals surface area contributed by atoms with Gasteiger partial charge in [-0.05, 0) is 50.1 Å². The number of methoxy groups -OCH3 is 1. The summed E-state index contributed by atoms with van der Waals surface area (Å²) in [6.45, 7) is 10.0. The van der Waals surface area contributed by atoms with Crippen LogP contribution in [0.5, 0.6) is 23.0 Å². The van der Waals surface area contributed by atoms with Gasteiger partial charge in [-0.15, -0.1) is 0 Å². The molecule has 0 unspecified atom stereocenters. The van der Waals surface area contributed by atoms with Gasteiger partial charge in [-0.1, -0.05) is 0 Å². The largest absolute Gasteiger partial charge is 0.504 e. The molecule has 3 aromatic rings. The van der Waals surface area contributed by atoms with Crippen LogP contribution < -0.4 is 18.8 Å². The van der Waals surface area contributed by atoms with E-state index in [9.17, 15) is 9.90 Å². The summed E-state index contributed by atoms with van der Waals surface area (Å²) in [5.41, 5.74) is 3.99. The SMILES string of the molecule is COc1cc(CN2CCN(C(=O)OC(C)(C)C)CC2)c2cc3[n+](cc2c1O)CCc1cc2c(cc1-3)OCO2. The van der Waals surface area contributed by atoms with Crippen molar-refractivity contribution in [2.24, 2.45) is 0 Å². The summed E-state index contributed by atoms with van der Waals surface area (Å²) < 4.78 is 24.5. The zero-order valence-corrected chi connectivity index (χ0v) is 22.4. The number of piperazine rings is 1. The maximum absolute atomic E-state index is 12.5. The Morgan fingerprint density at radius 2 is 1.79 bits per heavy atom. The summed E-state index contributed by atoms with van der Waals surface area (Å²) in [7, 11) is 1.58. The molecule has 0 saturated carbocycles. The number of fused-ring (bicyclic) bond motifs is 5. The summed E-state index contributed by atoms with van der Waals surface area (Å²) >= 11 is 0. The summed E-state index contributed by atoms with van der Waals surface area (Å²) in [5.74, 6) is 2.16. The Morgan fingerprint density at radius 1 is 1.05 bits per heavy atom. The first-order valence-electron chi connectivity index (χ1n) is 13.1. The number of nitrogens with zero attached hydrogens (tertiary/aromatic N) is 3. The molecule has 0 radical (unpaired) electrons. The number of ether oxygens (including phenoxy) is 4. The van der Waals surface area contributed by atoms with E-state index in [1.807, 2.05) is 33.0 Å². The van der Waals surface area contributed by atoms with Crippen molar-refractivity contribution in [2.75, 3.05) is 40.1 Å². The first kappa shape index (κ1) is 24.6. The number of aryl methyl sites for hydroxylation is 2. The molecule has 1 fully saturated rings. The highest BCUT2D eigenvalue weighted by Crippen LogP contribution is 2.42. The molecule has 0 bridgehead atoms. The Hall–Kier alpha value is -3.72. The molecule has 0 spiro atoms. The summed E-state index contributed by atoms with van der Waals surface area (Å²) in [4.78, 5) is 16.6. The third-order valence-electron chi connectivity index (χ3n) is 7.44. The topological polar surface area (TPSA) is 84.6 Å². The number of amides is 1. The van der Waals surface area contributed by atoms with Gasteiger partial charge in [0.15, 0.2) is 35.7 Å². The van der Waals surface area contributed by atoms with Crippen LogP contribution in [0.25, 0.3) is 22.0 Å². The zero-order chi connectivity index (χ0) is 26.6. The molecule has 0 aliphatic carbocycles. The lowest BCUT2D eigenvalue weighted by Crippen LogP contribution is -2.49. The minimum atomic E-state index is -0.509. The van der Waals surface area contributed by atoms with Gasteiger partial charge in [0.2, 0.25) is 12.5 Å². The highest BCUT2D eigenvalue weighted by atomic mass is 16.7. The second-order valence-electron chi connectivity index (χ2n) is 11.1. The number of carbonyl (C=O) groups is 1. The van der Waals surface area contributed by atoms with E-state index in [1.165, 1.54) is 5.56 Å². The molecule has 200 valence electrons. The number of carbonyl (C=O) groups excluding carboxylic acids is 1. The molecule has 1 N–H and O–H groups in total. The van der Waals surface area contributed by atoms with Gasteiger partial charge in [-0.3, -0.25) is 4.90 Å². The molecule has 3 aliphatic heterocycles. The fourth-order valence-corrected chi connectivity index (χ4v) is 5.51. The minimum Gasteiger partial charge on any atom is -0.504 e. The minimum absolute atomic E-state index is 0.146. The molecule has 2 aromatic carbocycles. The van der Waals surface area contributed by atoms with Crippen LogP contribution >= 0.6 is 0 Å². The van der Waals surface area contributed by atoms with E-state index >= 15 is 0 Å². The highest BCUT2D eigenvalue weighted by Gasteiger charge is 2.30. The van der Waals surface area contributed by atoms with Crippen molar-refractivity contribution < 1.29 is 33.4 Å². The Kier molecular flexibility index (Phi) is 5.98. The van der Waals surface area contributed by atoms with Crippen molar-refractivity contribution in [3.63, 3.8) is 0 Å². The van der Waals surface area contributed by atoms with E-state index in [-0.39, 0.29) is 18.6 Å². The average molecular weight is 521 g/mol. The third kappa shape index (κ3) is 4.45. The predicted molar refractivity (Wildman–Crippen MR) is 141 cm³/mol. The molecule has 1 amide bonds. The Morgan fingerprint density at radius 3 is 2.50 bits per heavy atom. The van der Waals surface area contributed by atoms with E-state index in [4.69, 9.17) is 18.9 Å². The molecular formula is C29H34N3O6+. The Labute approximate surface area is 222 Å². The van der Waals surface area contributed by atoms with Crippen LogP contribution in [0.3, 0.4) is 0 Å². The fourth-order valence-electron chi connectivity index (χ4n) is 5.51. The number of phenolic OH excluding ortho intramolecular Hbond substituents is 1. The predicted octanol–water partition coefficient (Wildman–Crippen LogP) is 3.85. The lowest BCUT2D eigenvalue weighted by Gasteiger charge is -2.35. The quantitative estimate of drug-likeness (QED) is 0.525. The van der Waals surface area contributed by atoms with Gasteiger partial charge in [-0.2, -0.15) is 4.57 Å². The number of benzene rings is 2. The monoisotopic (exact) mass is 520 g/mol. The molecule has 9 nitrogen and oxygen atoms in total. The van der Waals surface area contributed by atoms with Gasteiger partial charge < -0.3 is 29.0 Å². The van der Waals surface area contributed by atoms with Crippen LogP contribution in [0.15, 0.2) is 30.5 Å². The van der Waals surface area contributed by atoms with E-state index in [2.05, 4.69) is 27.7 Å². The van der Waals surface area contributed by atoms with Crippen LogP contribution in [-0.4, -0.2) is 66.7 Å². The van der Waals surface area contributed by atoms with Gasteiger partial charge >= 0.3 is 6.09 Å². The highest BCUT2D eigenvalue weighted by molar-refractivity contribution is 5.94. The number of aromatic nitrogens is 1. The van der Waals surface area contributed by atoms with E-state index in [0.29, 0.717) is 25.4 Å². The number of aromatic hydroxyl groups is 1. The first-order chi connectivity index (χ1) is 18.2. The molecule has 3 aliphatic rings. The lowest BCUT2D eigenvalue weighted by atomic mass is 9.94. The maximum Gasteiger partial charge on any atom is 0.410 e. The van der Waals surface area contributed by atoms with Crippen LogP contribution in [0, 0.1) is 0 Å². The Bertz CT molecular complexity index is 1420. The molecule has 38 heavy (non-hydrogen) atoms. The number of phenols is 1. The average Bonchev–Trinajstić information content (AvgIpc) is 3.35. The first-order valence-corrected chi connectivity index (χ1v) is 13.1. The molecule has 6 rings (SSSR count). The smallest absolute Gasteiger partial charge is 0.410 e. The fraction of sp³-hybridized carbons (Fsp3) is 0.448. The summed E-state index contributed by atoms with van der Waals surface area (Å²) in [6, 6.07) is 8.24. The normalized spacial score (nSPS) is 16.8. The number of hydrogen-bond donors (Lipinski definition) is 1. The van der Waals surface area contributed by atoms with Crippen LogP contribution in [-0.2, 0) is 24.2 Å². The van der Waals surface area contributed by atoms with E-state index in [0.717, 1.165) is 65.1 Å². The summed E-state index contributed by atoms with van der Waals surface area (Å²) in [5, 5.41) is 12.8. The third-order valence-corrected chi connectivity index (χ3v) is 7.44.